The number of benzene rings is 1. The van der Waals surface area contributed by atoms with Crippen LogP contribution in [0.5, 0.6) is 0 Å². The Morgan fingerprint density at radius 3 is 2.64 bits per heavy atom. The largest absolute Gasteiger partial charge is 0.465 e. The molecule has 0 radical (unpaired) electrons. The molecule has 1 aliphatic heterocycles. The fourth-order valence-corrected chi connectivity index (χ4v) is 1.56. The van der Waals surface area contributed by atoms with E-state index in [4.69, 9.17) is 9.47 Å². The van der Waals surface area contributed by atoms with Crippen LogP contribution in [0.4, 0.5) is 0 Å². The van der Waals surface area contributed by atoms with Crippen molar-refractivity contribution in [1.82, 2.24) is 0 Å². The second kappa shape index (κ2) is 3.84. The van der Waals surface area contributed by atoms with Gasteiger partial charge >= 0.3 is 0 Å². The second-order valence-electron chi connectivity index (χ2n) is 3.55. The van der Waals surface area contributed by atoms with Crippen LogP contribution in [0.2, 0.25) is 0 Å². The summed E-state index contributed by atoms with van der Waals surface area (Å²) < 4.78 is 11.2. The molecule has 0 aromatic heterocycles. The molecular formula is C12H14O2. The van der Waals surface area contributed by atoms with E-state index in [2.05, 4.69) is 6.58 Å². The fraction of sp³-hybridized carbons (Fsp3) is 0.333. The Kier molecular flexibility index (Phi) is 2.55. The molecular weight excluding hydrogens is 176 g/mol. The molecule has 0 bridgehead atoms. The maximum Gasteiger partial charge on any atom is 0.226 e. The third-order valence-corrected chi connectivity index (χ3v) is 2.22. The van der Waals surface area contributed by atoms with Crippen molar-refractivity contribution in [2.45, 2.75) is 25.7 Å². The summed E-state index contributed by atoms with van der Waals surface area (Å²) >= 11 is 0. The molecule has 1 heterocycles. The summed E-state index contributed by atoms with van der Waals surface area (Å²) in [5.74, 6) is 0.803. The van der Waals surface area contributed by atoms with Crippen molar-refractivity contribution in [2.75, 3.05) is 0 Å². The van der Waals surface area contributed by atoms with Crippen LogP contribution < -0.4 is 0 Å². The first-order valence-corrected chi connectivity index (χ1v) is 4.80. The number of hydrogen-bond acceptors (Lipinski definition) is 2. The molecule has 0 spiro atoms. The third-order valence-electron chi connectivity index (χ3n) is 2.22. The smallest absolute Gasteiger partial charge is 0.226 e. The lowest BCUT2D eigenvalue weighted by atomic mass is 10.2. The third kappa shape index (κ3) is 1.96. The number of hydrogen-bond donors (Lipinski definition) is 0. The number of rotatable bonds is 1. The minimum absolute atomic E-state index is 0.182. The molecule has 1 fully saturated rings. The average molecular weight is 190 g/mol. The lowest BCUT2D eigenvalue weighted by Crippen LogP contribution is -2.22. The zero-order valence-electron chi connectivity index (χ0n) is 8.27. The van der Waals surface area contributed by atoms with E-state index in [0.29, 0.717) is 0 Å². The molecule has 2 heteroatoms. The van der Waals surface area contributed by atoms with Crippen molar-refractivity contribution in [3.8, 4) is 0 Å². The minimum atomic E-state index is -0.285. The van der Waals surface area contributed by atoms with Crippen molar-refractivity contribution in [1.29, 1.82) is 0 Å². The van der Waals surface area contributed by atoms with Crippen LogP contribution in [0.3, 0.4) is 0 Å². The van der Waals surface area contributed by atoms with Crippen molar-refractivity contribution in [3.05, 3.63) is 48.2 Å². The van der Waals surface area contributed by atoms with Crippen LogP contribution in [-0.4, -0.2) is 6.10 Å². The van der Waals surface area contributed by atoms with E-state index in [9.17, 15) is 0 Å². The zero-order chi connectivity index (χ0) is 9.97. The van der Waals surface area contributed by atoms with Crippen molar-refractivity contribution in [3.63, 3.8) is 0 Å². The van der Waals surface area contributed by atoms with E-state index in [1.165, 1.54) is 0 Å². The molecule has 14 heavy (non-hydrogen) atoms. The number of ether oxygens (including phenoxy) is 2. The van der Waals surface area contributed by atoms with Crippen LogP contribution in [0, 0.1) is 0 Å². The predicted octanol–water partition coefficient (Wildman–Crippen LogP) is 3.02. The summed E-state index contributed by atoms with van der Waals surface area (Å²) in [6, 6.07) is 9.92. The van der Waals surface area contributed by atoms with Crippen LogP contribution in [0.15, 0.2) is 42.7 Å². The van der Waals surface area contributed by atoms with Crippen LogP contribution in [0.25, 0.3) is 0 Å². The van der Waals surface area contributed by atoms with Gasteiger partial charge in [0.15, 0.2) is 0 Å². The standard InChI is InChI=1S/C12H14O2/c1-9-8-10(2)14-12(13-9)11-6-4-3-5-7-11/h3-7,10,12H,1,8H2,2H3/t10-,12+/m0/s1. The van der Waals surface area contributed by atoms with E-state index in [1.54, 1.807) is 0 Å². The Bertz CT molecular complexity index is 318. The van der Waals surface area contributed by atoms with E-state index in [-0.39, 0.29) is 12.4 Å². The maximum atomic E-state index is 5.66. The second-order valence-corrected chi connectivity index (χ2v) is 3.55. The summed E-state index contributed by atoms with van der Waals surface area (Å²) in [5.41, 5.74) is 1.04. The first kappa shape index (κ1) is 9.28. The first-order chi connectivity index (χ1) is 6.75. The highest BCUT2D eigenvalue weighted by molar-refractivity contribution is 5.17. The van der Waals surface area contributed by atoms with Gasteiger partial charge in [0, 0.05) is 12.0 Å². The van der Waals surface area contributed by atoms with Gasteiger partial charge in [-0.3, -0.25) is 0 Å². The molecule has 0 N–H and O–H groups in total. The molecule has 2 nitrogen and oxygen atoms in total. The monoisotopic (exact) mass is 190 g/mol. The molecule has 1 aromatic rings. The summed E-state index contributed by atoms with van der Waals surface area (Å²) in [6.07, 6.45) is 0.678. The fourth-order valence-electron chi connectivity index (χ4n) is 1.56. The van der Waals surface area contributed by atoms with Gasteiger partial charge in [-0.1, -0.05) is 36.9 Å². The summed E-state index contributed by atoms with van der Waals surface area (Å²) in [7, 11) is 0. The van der Waals surface area contributed by atoms with Crippen LogP contribution in [-0.2, 0) is 9.47 Å². The highest BCUT2D eigenvalue weighted by Gasteiger charge is 2.23. The quantitative estimate of drug-likeness (QED) is 0.677. The van der Waals surface area contributed by atoms with Gasteiger partial charge in [-0.05, 0) is 6.92 Å². The molecule has 74 valence electrons. The Morgan fingerprint density at radius 1 is 1.29 bits per heavy atom. The minimum Gasteiger partial charge on any atom is -0.465 e. The Balaban J connectivity index is 2.15. The van der Waals surface area contributed by atoms with Gasteiger partial charge in [0.1, 0.15) is 0 Å². The Morgan fingerprint density at radius 2 is 2.00 bits per heavy atom. The summed E-state index contributed by atoms with van der Waals surface area (Å²) in [5, 5.41) is 0. The maximum absolute atomic E-state index is 5.66. The van der Waals surface area contributed by atoms with E-state index in [1.807, 2.05) is 37.3 Å². The summed E-state index contributed by atoms with van der Waals surface area (Å²) in [4.78, 5) is 0. The summed E-state index contributed by atoms with van der Waals surface area (Å²) in [6.45, 7) is 5.87. The van der Waals surface area contributed by atoms with Crippen molar-refractivity contribution in [2.24, 2.45) is 0 Å². The predicted molar refractivity (Wildman–Crippen MR) is 54.6 cm³/mol. The van der Waals surface area contributed by atoms with Crippen molar-refractivity contribution >= 4 is 0 Å². The lowest BCUT2D eigenvalue weighted by Gasteiger charge is -2.30. The SMILES string of the molecule is C=C1C[C@H](C)O[C@H](c2ccccc2)O1. The molecule has 0 unspecified atom stereocenters. The Labute approximate surface area is 84.2 Å². The van der Waals surface area contributed by atoms with Crippen molar-refractivity contribution < 1.29 is 9.47 Å². The van der Waals surface area contributed by atoms with E-state index < -0.39 is 0 Å². The molecule has 0 aliphatic carbocycles. The molecule has 1 aromatic carbocycles. The Hall–Kier alpha value is -1.28. The zero-order valence-corrected chi connectivity index (χ0v) is 8.27. The van der Waals surface area contributed by atoms with Crippen LogP contribution >= 0.6 is 0 Å². The molecule has 1 aliphatic rings. The molecule has 2 rings (SSSR count). The first-order valence-electron chi connectivity index (χ1n) is 4.80. The molecule has 2 atom stereocenters. The normalized spacial score (nSPS) is 27.1. The van der Waals surface area contributed by atoms with Gasteiger partial charge in [0.05, 0.1) is 11.9 Å². The van der Waals surface area contributed by atoms with Crippen LogP contribution in [0.1, 0.15) is 25.2 Å². The lowest BCUT2D eigenvalue weighted by molar-refractivity contribution is -0.182. The molecule has 0 saturated carbocycles. The van der Waals surface area contributed by atoms with E-state index >= 15 is 0 Å². The van der Waals surface area contributed by atoms with E-state index in [0.717, 1.165) is 17.7 Å². The van der Waals surface area contributed by atoms with Gasteiger partial charge in [0.2, 0.25) is 6.29 Å². The average Bonchev–Trinajstić information content (AvgIpc) is 2.18. The highest BCUT2D eigenvalue weighted by Crippen LogP contribution is 2.30. The van der Waals surface area contributed by atoms with Gasteiger partial charge < -0.3 is 9.47 Å². The van der Waals surface area contributed by atoms with Gasteiger partial charge in [0.25, 0.3) is 0 Å². The van der Waals surface area contributed by atoms with Gasteiger partial charge in [-0.15, -0.1) is 0 Å². The topological polar surface area (TPSA) is 18.5 Å². The molecule has 1 saturated heterocycles. The molecule has 0 amide bonds. The van der Waals surface area contributed by atoms with Gasteiger partial charge in [-0.25, -0.2) is 0 Å². The van der Waals surface area contributed by atoms with Gasteiger partial charge in [-0.2, -0.15) is 0 Å². The highest BCUT2D eigenvalue weighted by atomic mass is 16.7.